The number of carbonyl (C=O) groups excluding carboxylic acids is 1. The SMILES string of the molecule is Cc1cc(OCCCC2CCN(c3noc(C(C)N(C)C)n3)CC2)ccc1C(=O)NC[C@H](O)CO. The number of carbonyl (C=O) groups is 1. The molecule has 35 heavy (non-hydrogen) atoms. The highest BCUT2D eigenvalue weighted by atomic mass is 16.5. The fourth-order valence-electron chi connectivity index (χ4n) is 4.08. The van der Waals surface area contributed by atoms with Gasteiger partial charge in [0.15, 0.2) is 0 Å². The minimum absolute atomic E-state index is 0.0117. The predicted octanol–water partition coefficient (Wildman–Crippen LogP) is 2.16. The number of rotatable bonds is 12. The first-order valence-electron chi connectivity index (χ1n) is 12.3. The number of ether oxygens (including phenoxy) is 1. The number of anilines is 1. The van der Waals surface area contributed by atoms with Gasteiger partial charge >= 0.3 is 0 Å². The molecule has 194 valence electrons. The highest BCUT2D eigenvalue weighted by Gasteiger charge is 2.24. The largest absolute Gasteiger partial charge is 0.494 e. The quantitative estimate of drug-likeness (QED) is 0.385. The van der Waals surface area contributed by atoms with Gasteiger partial charge in [0, 0.05) is 25.2 Å². The highest BCUT2D eigenvalue weighted by molar-refractivity contribution is 5.95. The van der Waals surface area contributed by atoms with Crippen molar-refractivity contribution in [1.82, 2.24) is 20.4 Å². The van der Waals surface area contributed by atoms with E-state index >= 15 is 0 Å². The van der Waals surface area contributed by atoms with Gasteiger partial charge in [-0.2, -0.15) is 4.98 Å². The van der Waals surface area contributed by atoms with E-state index in [0.717, 1.165) is 50.1 Å². The van der Waals surface area contributed by atoms with E-state index in [-0.39, 0.29) is 25.1 Å². The van der Waals surface area contributed by atoms with Crippen molar-refractivity contribution in [2.24, 2.45) is 5.92 Å². The smallest absolute Gasteiger partial charge is 0.266 e. The van der Waals surface area contributed by atoms with Gasteiger partial charge in [0.25, 0.3) is 11.9 Å². The Balaban J connectivity index is 1.36. The number of hydrogen-bond acceptors (Lipinski definition) is 9. The van der Waals surface area contributed by atoms with Crippen LogP contribution in [0.4, 0.5) is 5.95 Å². The van der Waals surface area contributed by atoms with Gasteiger partial charge < -0.3 is 29.7 Å². The van der Waals surface area contributed by atoms with E-state index in [9.17, 15) is 9.90 Å². The van der Waals surface area contributed by atoms with Crippen LogP contribution in [0.2, 0.25) is 0 Å². The second-order valence-electron chi connectivity index (χ2n) is 9.52. The van der Waals surface area contributed by atoms with Crippen molar-refractivity contribution in [3.05, 3.63) is 35.2 Å². The van der Waals surface area contributed by atoms with Crippen LogP contribution in [-0.4, -0.2) is 84.2 Å². The van der Waals surface area contributed by atoms with Gasteiger partial charge in [-0.25, -0.2) is 0 Å². The lowest BCUT2D eigenvalue weighted by Gasteiger charge is -2.30. The van der Waals surface area contributed by atoms with E-state index in [1.807, 2.05) is 38.9 Å². The number of hydrogen-bond donors (Lipinski definition) is 3. The van der Waals surface area contributed by atoms with Gasteiger partial charge in [0.05, 0.1) is 25.4 Å². The standard InChI is InChI=1S/C25H39N5O5/c1-17-14-21(7-8-22(17)23(33)26-15-20(32)16-31)34-13-5-6-19-9-11-30(12-10-19)25-27-24(35-28-25)18(2)29(3)4/h7-8,14,18-20,31-32H,5-6,9-13,15-16H2,1-4H3,(H,26,33)/t18?,20-/m0/s1. The Bertz CT molecular complexity index is 942. The molecule has 1 aromatic heterocycles. The summed E-state index contributed by atoms with van der Waals surface area (Å²) in [5, 5.41) is 25.0. The van der Waals surface area contributed by atoms with Crippen molar-refractivity contribution < 1.29 is 24.3 Å². The molecule has 1 saturated heterocycles. The van der Waals surface area contributed by atoms with Gasteiger partial charge in [-0.1, -0.05) is 0 Å². The first-order valence-corrected chi connectivity index (χ1v) is 12.3. The molecular weight excluding hydrogens is 450 g/mol. The number of nitrogens with zero attached hydrogens (tertiary/aromatic N) is 4. The van der Waals surface area contributed by atoms with Gasteiger partial charge in [-0.15, -0.1) is 0 Å². The Labute approximate surface area is 207 Å². The third-order valence-corrected chi connectivity index (χ3v) is 6.64. The summed E-state index contributed by atoms with van der Waals surface area (Å²) in [5.74, 6) is 2.45. The average molecular weight is 490 g/mol. The predicted molar refractivity (Wildman–Crippen MR) is 133 cm³/mol. The molecule has 0 saturated carbocycles. The van der Waals surface area contributed by atoms with Crippen LogP contribution < -0.4 is 15.0 Å². The molecule has 2 heterocycles. The minimum atomic E-state index is -0.960. The molecule has 1 unspecified atom stereocenters. The zero-order chi connectivity index (χ0) is 25.4. The monoisotopic (exact) mass is 489 g/mol. The van der Waals surface area contributed by atoms with E-state index in [1.54, 1.807) is 12.1 Å². The first kappa shape index (κ1) is 26.9. The second kappa shape index (κ2) is 12.9. The van der Waals surface area contributed by atoms with Gasteiger partial charge in [-0.3, -0.25) is 9.69 Å². The normalized spacial score (nSPS) is 16.4. The minimum Gasteiger partial charge on any atom is -0.494 e. The molecule has 3 rings (SSSR count). The van der Waals surface area contributed by atoms with Crippen molar-refractivity contribution in [2.45, 2.75) is 51.7 Å². The molecule has 0 aliphatic carbocycles. The van der Waals surface area contributed by atoms with Gasteiger partial charge in [0.1, 0.15) is 5.75 Å². The second-order valence-corrected chi connectivity index (χ2v) is 9.52. The van der Waals surface area contributed by atoms with Crippen LogP contribution in [-0.2, 0) is 0 Å². The molecule has 3 N–H and O–H groups in total. The van der Waals surface area contributed by atoms with Crippen molar-refractivity contribution in [1.29, 1.82) is 0 Å². The third-order valence-electron chi connectivity index (χ3n) is 6.64. The van der Waals surface area contributed by atoms with Crippen molar-refractivity contribution in [2.75, 3.05) is 51.8 Å². The molecular formula is C25H39N5O5. The summed E-state index contributed by atoms with van der Waals surface area (Å²) in [6, 6.07) is 5.46. The highest BCUT2D eigenvalue weighted by Crippen LogP contribution is 2.26. The number of piperidine rings is 1. The molecule has 1 aliphatic heterocycles. The lowest BCUT2D eigenvalue weighted by molar-refractivity contribution is 0.0801. The van der Waals surface area contributed by atoms with E-state index in [0.29, 0.717) is 29.9 Å². The average Bonchev–Trinajstić information content (AvgIpc) is 3.35. The van der Waals surface area contributed by atoms with Crippen molar-refractivity contribution in [3.63, 3.8) is 0 Å². The molecule has 0 spiro atoms. The number of aliphatic hydroxyl groups is 2. The Morgan fingerprint density at radius 2 is 2.09 bits per heavy atom. The Kier molecular flexibility index (Phi) is 9.88. The molecule has 10 nitrogen and oxygen atoms in total. The molecule has 1 aliphatic rings. The molecule has 1 amide bonds. The van der Waals surface area contributed by atoms with E-state index < -0.39 is 6.10 Å². The maximum absolute atomic E-state index is 12.2. The lowest BCUT2D eigenvalue weighted by Crippen LogP contribution is -2.34. The molecule has 1 fully saturated rings. The van der Waals surface area contributed by atoms with Crippen molar-refractivity contribution >= 4 is 11.9 Å². The maximum Gasteiger partial charge on any atom is 0.266 e. The summed E-state index contributed by atoms with van der Waals surface area (Å²) in [7, 11) is 3.99. The van der Waals surface area contributed by atoms with Crippen LogP contribution >= 0.6 is 0 Å². The molecule has 2 atom stereocenters. The summed E-state index contributed by atoms with van der Waals surface area (Å²) < 4.78 is 11.4. The van der Waals surface area contributed by atoms with Gasteiger partial charge in [0.2, 0.25) is 5.89 Å². The number of benzene rings is 1. The van der Waals surface area contributed by atoms with Crippen LogP contribution in [0.25, 0.3) is 0 Å². The number of aromatic nitrogens is 2. The summed E-state index contributed by atoms with van der Waals surface area (Å²) in [6.45, 7) is 6.01. The molecule has 2 aromatic rings. The number of amides is 1. The van der Waals surface area contributed by atoms with Crippen LogP contribution in [0.15, 0.2) is 22.7 Å². The molecule has 0 radical (unpaired) electrons. The number of nitrogens with one attached hydrogen (secondary N) is 1. The lowest BCUT2D eigenvalue weighted by atomic mass is 9.92. The van der Waals surface area contributed by atoms with Crippen LogP contribution in [0.1, 0.15) is 60.5 Å². The van der Waals surface area contributed by atoms with Crippen molar-refractivity contribution in [3.8, 4) is 5.75 Å². The number of aryl methyl sites for hydroxylation is 1. The zero-order valence-electron chi connectivity index (χ0n) is 21.2. The summed E-state index contributed by atoms with van der Waals surface area (Å²) >= 11 is 0. The number of aliphatic hydroxyl groups excluding tert-OH is 2. The Morgan fingerprint density at radius 1 is 1.34 bits per heavy atom. The maximum atomic E-state index is 12.2. The summed E-state index contributed by atoms with van der Waals surface area (Å²) in [6.07, 6.45) is 3.31. The third kappa shape index (κ3) is 7.65. The molecule has 1 aromatic carbocycles. The fraction of sp³-hybridized carbons (Fsp3) is 0.640. The van der Waals surface area contributed by atoms with Crippen LogP contribution in [0, 0.1) is 12.8 Å². The van der Waals surface area contributed by atoms with E-state index in [1.165, 1.54) is 0 Å². The van der Waals surface area contributed by atoms with E-state index in [4.69, 9.17) is 14.4 Å². The van der Waals surface area contributed by atoms with E-state index in [2.05, 4.69) is 20.4 Å². The molecule has 0 bridgehead atoms. The first-order chi connectivity index (χ1) is 16.8. The topological polar surface area (TPSA) is 124 Å². The summed E-state index contributed by atoms with van der Waals surface area (Å²) in [5.41, 5.74) is 1.33. The Hall–Kier alpha value is -2.69. The van der Waals surface area contributed by atoms with Crippen LogP contribution in [0.3, 0.4) is 0 Å². The zero-order valence-corrected chi connectivity index (χ0v) is 21.2. The van der Waals surface area contributed by atoms with Gasteiger partial charge in [-0.05, 0) is 88.5 Å². The summed E-state index contributed by atoms with van der Waals surface area (Å²) in [4.78, 5) is 21.1. The Morgan fingerprint density at radius 3 is 2.74 bits per heavy atom. The fourth-order valence-corrected chi connectivity index (χ4v) is 4.08. The van der Waals surface area contributed by atoms with Crippen LogP contribution in [0.5, 0.6) is 5.75 Å². The molecule has 10 heteroatoms.